The predicted octanol–water partition coefficient (Wildman–Crippen LogP) is 2.60. The van der Waals surface area contributed by atoms with E-state index in [1.807, 2.05) is 24.3 Å². The molecule has 0 fully saturated rings. The number of rotatable bonds is 2. The number of fused-ring (bicyclic) bond motifs is 1. The minimum Gasteiger partial charge on any atom is -0.469 e. The first-order valence-corrected chi connectivity index (χ1v) is 5.18. The maximum atomic E-state index is 11.2. The van der Waals surface area contributed by atoms with E-state index in [1.54, 1.807) is 6.20 Å². The number of nitrogens with zero attached hydrogens (tertiary/aromatic N) is 1. The minimum atomic E-state index is -0.306. The third-order valence-corrected chi connectivity index (χ3v) is 2.59. The molecule has 0 aliphatic carbocycles. The summed E-state index contributed by atoms with van der Waals surface area (Å²) in [5.41, 5.74) is 0.687. The van der Waals surface area contributed by atoms with E-state index in [0.29, 0.717) is 10.7 Å². The summed E-state index contributed by atoms with van der Waals surface area (Å²) in [6, 6.07) is 7.40. The van der Waals surface area contributed by atoms with Crippen LogP contribution in [0.5, 0.6) is 0 Å². The first kappa shape index (κ1) is 10.9. The van der Waals surface area contributed by atoms with Gasteiger partial charge in [0.2, 0.25) is 0 Å². The van der Waals surface area contributed by atoms with Crippen molar-refractivity contribution in [3.63, 3.8) is 0 Å². The van der Waals surface area contributed by atoms with Gasteiger partial charge >= 0.3 is 5.97 Å². The molecule has 0 saturated carbocycles. The van der Waals surface area contributed by atoms with E-state index in [4.69, 9.17) is 11.6 Å². The van der Waals surface area contributed by atoms with Crippen molar-refractivity contribution in [2.45, 2.75) is 6.42 Å². The monoisotopic (exact) mass is 235 g/mol. The van der Waals surface area contributed by atoms with Crippen LogP contribution in [0.3, 0.4) is 0 Å². The van der Waals surface area contributed by atoms with Gasteiger partial charge in [-0.2, -0.15) is 0 Å². The van der Waals surface area contributed by atoms with Crippen molar-refractivity contribution in [3.05, 3.63) is 41.2 Å². The second-order valence-corrected chi connectivity index (χ2v) is 3.81. The van der Waals surface area contributed by atoms with E-state index in [9.17, 15) is 4.79 Å². The summed E-state index contributed by atoms with van der Waals surface area (Å²) >= 11 is 5.92. The summed E-state index contributed by atoms with van der Waals surface area (Å²) < 4.78 is 4.62. The number of halogens is 1. The normalized spacial score (nSPS) is 10.4. The number of carbonyl (C=O) groups excluding carboxylic acids is 1. The van der Waals surface area contributed by atoms with Crippen LogP contribution in [0.4, 0.5) is 0 Å². The summed E-state index contributed by atoms with van der Waals surface area (Å²) in [7, 11) is 1.36. The lowest BCUT2D eigenvalue weighted by atomic mass is 10.1. The van der Waals surface area contributed by atoms with Crippen LogP contribution in [0, 0.1) is 0 Å². The lowest BCUT2D eigenvalue weighted by Crippen LogP contribution is -2.06. The second kappa shape index (κ2) is 4.49. The average Bonchev–Trinajstić information content (AvgIpc) is 2.29. The number of aromatic nitrogens is 1. The zero-order valence-corrected chi connectivity index (χ0v) is 9.49. The molecular formula is C12H10ClNO2. The highest BCUT2D eigenvalue weighted by molar-refractivity contribution is 6.31. The molecule has 4 heteroatoms. The number of carbonyl (C=O) groups is 1. The van der Waals surface area contributed by atoms with E-state index in [0.717, 1.165) is 10.8 Å². The van der Waals surface area contributed by atoms with Crippen molar-refractivity contribution in [2.24, 2.45) is 0 Å². The van der Waals surface area contributed by atoms with Crippen molar-refractivity contribution < 1.29 is 9.53 Å². The van der Waals surface area contributed by atoms with Gasteiger partial charge in [-0.3, -0.25) is 9.78 Å². The molecule has 2 aromatic rings. The van der Waals surface area contributed by atoms with Crippen LogP contribution in [0.2, 0.25) is 5.02 Å². The molecule has 0 amide bonds. The zero-order valence-electron chi connectivity index (χ0n) is 8.74. The molecule has 0 aliphatic rings. The maximum Gasteiger partial charge on any atom is 0.311 e. The van der Waals surface area contributed by atoms with Gasteiger partial charge in [-0.25, -0.2) is 0 Å². The van der Waals surface area contributed by atoms with Gasteiger partial charge in [-0.05, 0) is 23.6 Å². The van der Waals surface area contributed by atoms with Crippen molar-refractivity contribution in [1.29, 1.82) is 0 Å². The number of hydrogen-bond donors (Lipinski definition) is 0. The van der Waals surface area contributed by atoms with E-state index < -0.39 is 0 Å². The van der Waals surface area contributed by atoms with Gasteiger partial charge in [0.25, 0.3) is 0 Å². The van der Waals surface area contributed by atoms with Crippen LogP contribution in [0.15, 0.2) is 30.5 Å². The number of ether oxygens (including phenoxy) is 1. The fourth-order valence-electron chi connectivity index (χ4n) is 1.55. The Morgan fingerprint density at radius 1 is 1.44 bits per heavy atom. The Morgan fingerprint density at radius 2 is 2.25 bits per heavy atom. The lowest BCUT2D eigenvalue weighted by molar-refractivity contribution is -0.139. The molecule has 3 nitrogen and oxygen atoms in total. The molecule has 16 heavy (non-hydrogen) atoms. The molecule has 0 saturated heterocycles. The highest BCUT2D eigenvalue weighted by Crippen LogP contribution is 2.21. The van der Waals surface area contributed by atoms with Crippen molar-refractivity contribution >= 4 is 28.3 Å². The van der Waals surface area contributed by atoms with Crippen molar-refractivity contribution in [3.8, 4) is 0 Å². The number of pyridine rings is 1. The molecule has 0 atom stereocenters. The maximum absolute atomic E-state index is 11.2. The summed E-state index contributed by atoms with van der Waals surface area (Å²) in [4.78, 5) is 15.4. The van der Waals surface area contributed by atoms with E-state index in [-0.39, 0.29) is 12.4 Å². The quantitative estimate of drug-likeness (QED) is 0.751. The lowest BCUT2D eigenvalue weighted by Gasteiger charge is -2.04. The number of esters is 1. The molecule has 1 heterocycles. The van der Waals surface area contributed by atoms with Crippen molar-refractivity contribution in [2.75, 3.05) is 7.11 Å². The SMILES string of the molecule is COC(=O)Cc1nccc2ccc(Cl)cc12. The Kier molecular flexibility index (Phi) is 3.06. The number of hydrogen-bond acceptors (Lipinski definition) is 3. The first-order chi connectivity index (χ1) is 7.70. The second-order valence-electron chi connectivity index (χ2n) is 3.38. The van der Waals surface area contributed by atoms with Gasteiger partial charge < -0.3 is 4.74 Å². The molecule has 0 N–H and O–H groups in total. The summed E-state index contributed by atoms with van der Waals surface area (Å²) in [6.45, 7) is 0. The minimum absolute atomic E-state index is 0.161. The molecule has 0 bridgehead atoms. The average molecular weight is 236 g/mol. The van der Waals surface area contributed by atoms with Gasteiger partial charge in [0.1, 0.15) is 0 Å². The van der Waals surface area contributed by atoms with Gasteiger partial charge in [-0.1, -0.05) is 17.7 Å². The van der Waals surface area contributed by atoms with Crippen molar-refractivity contribution in [1.82, 2.24) is 4.98 Å². The molecule has 0 unspecified atom stereocenters. The molecular weight excluding hydrogens is 226 g/mol. The molecule has 82 valence electrons. The molecule has 0 radical (unpaired) electrons. The fraction of sp³-hybridized carbons (Fsp3) is 0.167. The smallest absolute Gasteiger partial charge is 0.311 e. The van der Waals surface area contributed by atoms with E-state index in [2.05, 4.69) is 9.72 Å². The number of benzene rings is 1. The molecule has 1 aromatic carbocycles. The van der Waals surface area contributed by atoms with Gasteiger partial charge in [0, 0.05) is 16.6 Å². The number of methoxy groups -OCH3 is 1. The molecule has 0 aliphatic heterocycles. The van der Waals surface area contributed by atoms with Gasteiger partial charge in [0.05, 0.1) is 19.2 Å². The van der Waals surface area contributed by atoms with Crippen LogP contribution in [-0.4, -0.2) is 18.1 Å². The summed E-state index contributed by atoms with van der Waals surface area (Å²) in [6.07, 6.45) is 1.84. The molecule has 1 aromatic heterocycles. The summed E-state index contributed by atoms with van der Waals surface area (Å²) in [5, 5.41) is 2.53. The van der Waals surface area contributed by atoms with Crippen LogP contribution >= 0.6 is 11.6 Å². The van der Waals surface area contributed by atoms with Crippen LogP contribution in [-0.2, 0) is 16.0 Å². The standard InChI is InChI=1S/C12H10ClNO2/c1-16-12(15)7-11-10-6-9(13)3-2-8(10)4-5-14-11/h2-6H,7H2,1H3. The van der Waals surface area contributed by atoms with Crippen LogP contribution in [0.25, 0.3) is 10.8 Å². The van der Waals surface area contributed by atoms with Crippen LogP contribution < -0.4 is 0 Å². The van der Waals surface area contributed by atoms with Gasteiger partial charge in [0.15, 0.2) is 0 Å². The largest absolute Gasteiger partial charge is 0.469 e. The van der Waals surface area contributed by atoms with E-state index >= 15 is 0 Å². The Labute approximate surface area is 98.0 Å². The highest BCUT2D eigenvalue weighted by Gasteiger charge is 2.08. The zero-order chi connectivity index (χ0) is 11.5. The Balaban J connectivity index is 2.52. The third-order valence-electron chi connectivity index (χ3n) is 2.35. The first-order valence-electron chi connectivity index (χ1n) is 4.80. The third kappa shape index (κ3) is 2.14. The molecule has 2 rings (SSSR count). The topological polar surface area (TPSA) is 39.2 Å². The predicted molar refractivity (Wildman–Crippen MR) is 62.5 cm³/mol. The Morgan fingerprint density at radius 3 is 3.00 bits per heavy atom. The fourth-order valence-corrected chi connectivity index (χ4v) is 1.72. The Bertz CT molecular complexity index is 540. The van der Waals surface area contributed by atoms with Gasteiger partial charge in [-0.15, -0.1) is 0 Å². The molecule has 0 spiro atoms. The summed E-state index contributed by atoms with van der Waals surface area (Å²) in [5.74, 6) is -0.306. The Hall–Kier alpha value is -1.61. The van der Waals surface area contributed by atoms with E-state index in [1.165, 1.54) is 7.11 Å². The highest BCUT2D eigenvalue weighted by atomic mass is 35.5. The van der Waals surface area contributed by atoms with Crippen LogP contribution in [0.1, 0.15) is 5.69 Å².